The summed E-state index contributed by atoms with van der Waals surface area (Å²) in [6.45, 7) is 5.46. The number of amides is 2. The largest absolute Gasteiger partial charge is 0.359 e. The lowest BCUT2D eigenvalue weighted by Crippen LogP contribution is -2.27. The Morgan fingerprint density at radius 3 is 2.73 bits per heavy atom. The molecule has 6 heteroatoms. The summed E-state index contributed by atoms with van der Waals surface area (Å²) in [5.41, 5.74) is 6.59. The molecule has 6 nitrogen and oxygen atoms in total. The summed E-state index contributed by atoms with van der Waals surface area (Å²) in [4.78, 5) is 30.0. The Labute approximate surface area is 178 Å². The van der Waals surface area contributed by atoms with E-state index in [1.165, 1.54) is 0 Å². The normalized spacial score (nSPS) is 14.4. The Hall–Kier alpha value is -3.12. The van der Waals surface area contributed by atoms with Gasteiger partial charge in [-0.15, -0.1) is 0 Å². The minimum Gasteiger partial charge on any atom is -0.359 e. The first-order valence-corrected chi connectivity index (χ1v) is 10.3. The van der Waals surface area contributed by atoms with Crippen LogP contribution in [-0.2, 0) is 16.0 Å². The number of anilines is 1. The first-order chi connectivity index (χ1) is 14.4. The summed E-state index contributed by atoms with van der Waals surface area (Å²) in [5, 5.41) is 5.95. The molecule has 3 N–H and O–H groups in total. The third-order valence-corrected chi connectivity index (χ3v) is 5.51. The van der Waals surface area contributed by atoms with Crippen molar-refractivity contribution in [3.05, 3.63) is 64.5 Å². The van der Waals surface area contributed by atoms with Crippen LogP contribution in [-0.4, -0.2) is 48.9 Å². The van der Waals surface area contributed by atoms with Gasteiger partial charge < -0.3 is 20.5 Å². The van der Waals surface area contributed by atoms with Crippen molar-refractivity contribution < 1.29 is 9.59 Å². The van der Waals surface area contributed by atoms with Crippen LogP contribution in [0.4, 0.5) is 5.69 Å². The van der Waals surface area contributed by atoms with Gasteiger partial charge in [0.25, 0.3) is 5.91 Å². The molecule has 30 heavy (non-hydrogen) atoms. The standard InChI is InChI=1S/C24H30N4O2/c1-16-18(11-12-23(29)28(4)14-8-7-13-25-3)17(2)26-22(16)15-20-19-9-5-6-10-21(19)27-24(20)30/h5-10,15,25-26H,11-14H2,1-4H3,(H,27,30)/b8-7+,20-15-. The number of rotatable bonds is 8. The van der Waals surface area contributed by atoms with Crippen LogP contribution in [0.15, 0.2) is 36.4 Å². The number of benzene rings is 1. The molecule has 0 fully saturated rings. The molecule has 0 radical (unpaired) electrons. The van der Waals surface area contributed by atoms with E-state index < -0.39 is 0 Å². The second-order valence-electron chi connectivity index (χ2n) is 7.63. The Balaban J connectivity index is 1.71. The molecule has 2 aromatic rings. The smallest absolute Gasteiger partial charge is 0.256 e. The summed E-state index contributed by atoms with van der Waals surface area (Å²) in [6.07, 6.45) is 7.05. The molecule has 1 aromatic carbocycles. The fourth-order valence-corrected chi connectivity index (χ4v) is 3.72. The lowest BCUT2D eigenvalue weighted by atomic mass is 10.0. The van der Waals surface area contributed by atoms with Crippen molar-refractivity contribution in [3.8, 4) is 0 Å². The number of fused-ring (bicyclic) bond motifs is 1. The minimum atomic E-state index is -0.0902. The van der Waals surface area contributed by atoms with Crippen LogP contribution >= 0.6 is 0 Å². The van der Waals surface area contributed by atoms with E-state index in [0.29, 0.717) is 25.0 Å². The molecule has 0 aliphatic carbocycles. The predicted molar refractivity (Wildman–Crippen MR) is 122 cm³/mol. The Morgan fingerprint density at radius 1 is 1.20 bits per heavy atom. The molecule has 1 aliphatic heterocycles. The van der Waals surface area contributed by atoms with Gasteiger partial charge in [-0.2, -0.15) is 0 Å². The van der Waals surface area contributed by atoms with Gasteiger partial charge in [-0.25, -0.2) is 0 Å². The van der Waals surface area contributed by atoms with Crippen molar-refractivity contribution in [2.24, 2.45) is 0 Å². The van der Waals surface area contributed by atoms with E-state index in [1.54, 1.807) is 4.90 Å². The van der Waals surface area contributed by atoms with Gasteiger partial charge >= 0.3 is 0 Å². The molecule has 158 valence electrons. The van der Waals surface area contributed by atoms with E-state index in [4.69, 9.17) is 0 Å². The van der Waals surface area contributed by atoms with Gasteiger partial charge in [0.05, 0.1) is 5.57 Å². The molecule has 2 heterocycles. The van der Waals surface area contributed by atoms with Gasteiger partial charge in [0.1, 0.15) is 0 Å². The van der Waals surface area contributed by atoms with E-state index in [-0.39, 0.29) is 11.8 Å². The highest BCUT2D eigenvalue weighted by Crippen LogP contribution is 2.33. The van der Waals surface area contributed by atoms with Gasteiger partial charge in [0.15, 0.2) is 0 Å². The number of likely N-dealkylation sites (N-methyl/N-ethyl adjacent to an activating group) is 2. The van der Waals surface area contributed by atoms with Crippen LogP contribution in [0.1, 0.15) is 34.5 Å². The number of aryl methyl sites for hydroxylation is 1. The molecular formula is C24H30N4O2. The summed E-state index contributed by atoms with van der Waals surface area (Å²) in [7, 11) is 3.72. The topological polar surface area (TPSA) is 77.2 Å². The van der Waals surface area contributed by atoms with E-state index >= 15 is 0 Å². The van der Waals surface area contributed by atoms with Crippen molar-refractivity contribution in [3.63, 3.8) is 0 Å². The highest BCUT2D eigenvalue weighted by atomic mass is 16.2. The van der Waals surface area contributed by atoms with Gasteiger partial charge in [-0.1, -0.05) is 30.4 Å². The maximum absolute atomic E-state index is 12.5. The van der Waals surface area contributed by atoms with Gasteiger partial charge in [-0.05, 0) is 50.6 Å². The quantitative estimate of drug-likeness (QED) is 0.465. The Morgan fingerprint density at radius 2 is 1.97 bits per heavy atom. The number of hydrogen-bond donors (Lipinski definition) is 3. The lowest BCUT2D eigenvalue weighted by molar-refractivity contribution is -0.129. The minimum absolute atomic E-state index is 0.0902. The fourth-order valence-electron chi connectivity index (χ4n) is 3.72. The molecule has 0 spiro atoms. The predicted octanol–water partition coefficient (Wildman–Crippen LogP) is 3.29. The first-order valence-electron chi connectivity index (χ1n) is 10.3. The summed E-state index contributed by atoms with van der Waals surface area (Å²) in [5.74, 6) is 0.0284. The Kier molecular flexibility index (Phi) is 6.90. The number of para-hydroxylation sites is 1. The van der Waals surface area contributed by atoms with E-state index in [2.05, 4.69) is 15.6 Å². The van der Waals surface area contributed by atoms with Crippen LogP contribution in [0, 0.1) is 13.8 Å². The van der Waals surface area contributed by atoms with Crippen molar-refractivity contribution in [2.75, 3.05) is 32.5 Å². The third kappa shape index (κ3) is 4.71. The molecule has 1 aliphatic rings. The molecule has 0 saturated heterocycles. The molecule has 2 amide bonds. The number of hydrogen-bond acceptors (Lipinski definition) is 3. The van der Waals surface area contributed by atoms with Gasteiger partial charge in [0, 0.05) is 49.2 Å². The average Bonchev–Trinajstić information content (AvgIpc) is 3.19. The Bertz CT molecular complexity index is 1000. The fraction of sp³-hybridized carbons (Fsp3) is 0.333. The van der Waals surface area contributed by atoms with Crippen molar-refractivity contribution in [2.45, 2.75) is 26.7 Å². The van der Waals surface area contributed by atoms with Crippen LogP contribution < -0.4 is 10.6 Å². The first kappa shape index (κ1) is 21.6. The maximum Gasteiger partial charge on any atom is 0.256 e. The molecule has 0 unspecified atom stereocenters. The average molecular weight is 407 g/mol. The van der Waals surface area contributed by atoms with Crippen molar-refractivity contribution >= 4 is 29.2 Å². The summed E-state index contributed by atoms with van der Waals surface area (Å²) < 4.78 is 0. The van der Waals surface area contributed by atoms with Crippen LogP contribution in [0.2, 0.25) is 0 Å². The maximum atomic E-state index is 12.5. The van der Waals surface area contributed by atoms with Crippen LogP contribution in [0.25, 0.3) is 11.6 Å². The SMILES string of the molecule is CNC/C=C/CN(C)C(=O)CCc1c(C)[nH]c(/C=C2\C(=O)Nc3ccccc32)c1C. The number of aromatic amines is 1. The molecule has 3 rings (SSSR count). The highest BCUT2D eigenvalue weighted by molar-refractivity contribution is 6.34. The molecule has 0 bridgehead atoms. The zero-order valence-electron chi connectivity index (χ0n) is 18.1. The molecule has 0 atom stereocenters. The van der Waals surface area contributed by atoms with Crippen LogP contribution in [0.3, 0.4) is 0 Å². The second-order valence-corrected chi connectivity index (χ2v) is 7.63. The lowest BCUT2D eigenvalue weighted by Gasteiger charge is -2.15. The highest BCUT2D eigenvalue weighted by Gasteiger charge is 2.24. The van der Waals surface area contributed by atoms with Crippen molar-refractivity contribution in [1.29, 1.82) is 0 Å². The van der Waals surface area contributed by atoms with Crippen LogP contribution in [0.5, 0.6) is 0 Å². The summed E-state index contributed by atoms with van der Waals surface area (Å²) in [6, 6.07) is 7.70. The van der Waals surface area contributed by atoms with E-state index in [1.807, 2.05) is 70.4 Å². The second kappa shape index (κ2) is 9.59. The molecular weight excluding hydrogens is 376 g/mol. The zero-order valence-corrected chi connectivity index (χ0v) is 18.1. The monoisotopic (exact) mass is 406 g/mol. The van der Waals surface area contributed by atoms with E-state index in [0.717, 1.165) is 40.3 Å². The number of aromatic nitrogens is 1. The van der Waals surface area contributed by atoms with Crippen molar-refractivity contribution in [1.82, 2.24) is 15.2 Å². The third-order valence-electron chi connectivity index (χ3n) is 5.51. The number of H-pyrrole nitrogens is 1. The molecule has 1 aromatic heterocycles. The summed E-state index contributed by atoms with van der Waals surface area (Å²) >= 11 is 0. The number of carbonyl (C=O) groups is 2. The van der Waals surface area contributed by atoms with Gasteiger partial charge in [-0.3, -0.25) is 9.59 Å². The molecule has 0 saturated carbocycles. The number of nitrogens with zero attached hydrogens (tertiary/aromatic N) is 1. The van der Waals surface area contributed by atoms with E-state index in [9.17, 15) is 9.59 Å². The van der Waals surface area contributed by atoms with Gasteiger partial charge in [0.2, 0.25) is 5.91 Å². The number of carbonyl (C=O) groups excluding carboxylic acids is 2. The zero-order chi connectivity index (χ0) is 21.7. The number of nitrogens with one attached hydrogen (secondary N) is 3.